The van der Waals surface area contributed by atoms with Crippen LogP contribution in [0.25, 0.3) is 0 Å². The molecule has 0 aliphatic carbocycles. The van der Waals surface area contributed by atoms with Crippen molar-refractivity contribution >= 4 is 5.69 Å². The Hall–Kier alpha value is -1.53. The predicted molar refractivity (Wildman–Crippen MR) is 63.8 cm³/mol. The lowest BCUT2D eigenvalue weighted by molar-refractivity contribution is 0.199. The average molecular weight is 221 g/mol. The molecule has 0 fully saturated rings. The number of hydrogen-bond acceptors (Lipinski definition) is 2. The molecular formula is C13H16FNO. The number of benzene rings is 1. The first kappa shape index (κ1) is 12.5. The molecule has 1 atom stereocenters. The normalized spacial score (nSPS) is 11.9. The van der Waals surface area contributed by atoms with Crippen molar-refractivity contribution in [1.82, 2.24) is 0 Å². The van der Waals surface area contributed by atoms with E-state index in [1.54, 1.807) is 24.0 Å². The van der Waals surface area contributed by atoms with Gasteiger partial charge in [-0.05, 0) is 31.5 Å². The van der Waals surface area contributed by atoms with Crippen LogP contribution < -0.4 is 4.90 Å². The Kier molecular flexibility index (Phi) is 4.33. The van der Waals surface area contributed by atoms with Gasteiger partial charge in [0.15, 0.2) is 0 Å². The molecule has 0 aromatic heterocycles. The van der Waals surface area contributed by atoms with Crippen LogP contribution >= 0.6 is 0 Å². The highest BCUT2D eigenvalue weighted by atomic mass is 19.1. The molecule has 1 aromatic rings. The van der Waals surface area contributed by atoms with Gasteiger partial charge in [-0.25, -0.2) is 4.39 Å². The van der Waals surface area contributed by atoms with Crippen molar-refractivity contribution in [2.75, 3.05) is 18.0 Å². The summed E-state index contributed by atoms with van der Waals surface area (Å²) in [5.74, 6) is 2.14. The third-order valence-electron chi connectivity index (χ3n) is 2.46. The largest absolute Gasteiger partial charge is 0.389 e. The molecule has 86 valence electrons. The van der Waals surface area contributed by atoms with E-state index in [1.807, 2.05) is 6.92 Å². The molecule has 0 radical (unpaired) electrons. The van der Waals surface area contributed by atoms with E-state index in [4.69, 9.17) is 6.42 Å². The SMILES string of the molecule is C#CCN(CC)c1ccc([C@@H](C)O)cc1F. The Morgan fingerprint density at radius 2 is 2.25 bits per heavy atom. The summed E-state index contributed by atoms with van der Waals surface area (Å²) in [7, 11) is 0. The summed E-state index contributed by atoms with van der Waals surface area (Å²) in [6.07, 6.45) is 4.56. The summed E-state index contributed by atoms with van der Waals surface area (Å²) in [6, 6.07) is 4.71. The summed E-state index contributed by atoms with van der Waals surface area (Å²) in [6.45, 7) is 4.55. The molecule has 0 amide bonds. The number of anilines is 1. The van der Waals surface area contributed by atoms with Crippen molar-refractivity contribution in [3.63, 3.8) is 0 Å². The van der Waals surface area contributed by atoms with Crippen LogP contribution in [0, 0.1) is 18.2 Å². The van der Waals surface area contributed by atoms with Gasteiger partial charge in [-0.1, -0.05) is 12.0 Å². The Balaban J connectivity index is 3.02. The molecular weight excluding hydrogens is 205 g/mol. The first-order valence-electron chi connectivity index (χ1n) is 5.26. The maximum Gasteiger partial charge on any atom is 0.146 e. The lowest BCUT2D eigenvalue weighted by Gasteiger charge is -2.21. The van der Waals surface area contributed by atoms with Crippen LogP contribution in [0.2, 0.25) is 0 Å². The van der Waals surface area contributed by atoms with Gasteiger partial charge in [-0.15, -0.1) is 6.42 Å². The van der Waals surface area contributed by atoms with Crippen LogP contribution in [0.15, 0.2) is 18.2 Å². The van der Waals surface area contributed by atoms with Gasteiger partial charge in [-0.2, -0.15) is 0 Å². The molecule has 0 spiro atoms. The zero-order valence-electron chi connectivity index (χ0n) is 9.57. The van der Waals surface area contributed by atoms with Gasteiger partial charge in [-0.3, -0.25) is 0 Å². The van der Waals surface area contributed by atoms with E-state index in [0.717, 1.165) is 0 Å². The van der Waals surface area contributed by atoms with Gasteiger partial charge in [0.2, 0.25) is 0 Å². The van der Waals surface area contributed by atoms with Gasteiger partial charge < -0.3 is 10.0 Å². The van der Waals surface area contributed by atoms with Crippen molar-refractivity contribution in [2.24, 2.45) is 0 Å². The monoisotopic (exact) mass is 221 g/mol. The molecule has 0 aliphatic heterocycles. The average Bonchev–Trinajstić information content (AvgIpc) is 2.26. The van der Waals surface area contributed by atoms with Gasteiger partial charge >= 0.3 is 0 Å². The second kappa shape index (κ2) is 5.53. The zero-order chi connectivity index (χ0) is 12.1. The van der Waals surface area contributed by atoms with Gasteiger partial charge in [0.05, 0.1) is 18.3 Å². The molecule has 2 nitrogen and oxygen atoms in total. The van der Waals surface area contributed by atoms with Crippen LogP contribution in [0.4, 0.5) is 10.1 Å². The van der Waals surface area contributed by atoms with Crippen LogP contribution in [-0.4, -0.2) is 18.2 Å². The van der Waals surface area contributed by atoms with E-state index in [-0.39, 0.29) is 5.82 Å². The maximum atomic E-state index is 13.7. The minimum atomic E-state index is -0.661. The van der Waals surface area contributed by atoms with E-state index in [0.29, 0.717) is 24.3 Å². The summed E-state index contributed by atoms with van der Waals surface area (Å²) in [4.78, 5) is 1.77. The van der Waals surface area contributed by atoms with Crippen molar-refractivity contribution in [2.45, 2.75) is 20.0 Å². The van der Waals surface area contributed by atoms with Crippen LogP contribution in [0.1, 0.15) is 25.5 Å². The third kappa shape index (κ3) is 2.74. The zero-order valence-corrected chi connectivity index (χ0v) is 9.57. The molecule has 0 saturated heterocycles. The van der Waals surface area contributed by atoms with E-state index in [1.165, 1.54) is 6.07 Å². The lowest BCUT2D eigenvalue weighted by atomic mass is 10.1. The number of rotatable bonds is 4. The highest BCUT2D eigenvalue weighted by Crippen LogP contribution is 2.23. The number of halogens is 1. The van der Waals surface area contributed by atoms with E-state index in [2.05, 4.69) is 5.92 Å². The number of aliphatic hydroxyl groups excluding tert-OH is 1. The number of aliphatic hydroxyl groups is 1. The second-order valence-corrected chi connectivity index (χ2v) is 3.61. The van der Waals surface area contributed by atoms with Crippen LogP contribution in [-0.2, 0) is 0 Å². The molecule has 1 aromatic carbocycles. The molecule has 3 heteroatoms. The molecule has 1 rings (SSSR count). The third-order valence-corrected chi connectivity index (χ3v) is 2.46. The molecule has 16 heavy (non-hydrogen) atoms. The standard InChI is InChI=1S/C13H16FNO/c1-4-8-15(5-2)13-7-6-11(10(3)16)9-12(13)14/h1,6-7,9-10,16H,5,8H2,2-3H3/t10-/m1/s1. The van der Waals surface area contributed by atoms with Crippen molar-refractivity contribution < 1.29 is 9.50 Å². The smallest absolute Gasteiger partial charge is 0.146 e. The predicted octanol–water partition coefficient (Wildman–Crippen LogP) is 2.34. The topological polar surface area (TPSA) is 23.5 Å². The lowest BCUT2D eigenvalue weighted by Crippen LogP contribution is -2.23. The minimum Gasteiger partial charge on any atom is -0.389 e. The Labute approximate surface area is 95.7 Å². The van der Waals surface area contributed by atoms with Crippen LogP contribution in [0.5, 0.6) is 0 Å². The number of hydrogen-bond donors (Lipinski definition) is 1. The highest BCUT2D eigenvalue weighted by Gasteiger charge is 2.11. The van der Waals surface area contributed by atoms with Crippen molar-refractivity contribution in [3.8, 4) is 12.3 Å². The van der Waals surface area contributed by atoms with Crippen molar-refractivity contribution in [3.05, 3.63) is 29.6 Å². The van der Waals surface area contributed by atoms with Crippen LogP contribution in [0.3, 0.4) is 0 Å². The molecule has 0 unspecified atom stereocenters. The summed E-state index contributed by atoms with van der Waals surface area (Å²) in [5, 5.41) is 9.33. The second-order valence-electron chi connectivity index (χ2n) is 3.61. The van der Waals surface area contributed by atoms with E-state index >= 15 is 0 Å². The number of terminal acetylenes is 1. The highest BCUT2D eigenvalue weighted by molar-refractivity contribution is 5.50. The summed E-state index contributed by atoms with van der Waals surface area (Å²) < 4.78 is 13.7. The number of nitrogens with zero attached hydrogens (tertiary/aromatic N) is 1. The first-order chi connectivity index (χ1) is 7.60. The minimum absolute atomic E-state index is 0.351. The summed E-state index contributed by atoms with van der Waals surface area (Å²) in [5.41, 5.74) is 1.04. The summed E-state index contributed by atoms with van der Waals surface area (Å²) >= 11 is 0. The van der Waals surface area contributed by atoms with E-state index in [9.17, 15) is 9.50 Å². The molecule has 0 aliphatic rings. The van der Waals surface area contributed by atoms with Gasteiger partial charge in [0.25, 0.3) is 0 Å². The fourth-order valence-electron chi connectivity index (χ4n) is 1.52. The van der Waals surface area contributed by atoms with Gasteiger partial charge in [0, 0.05) is 6.54 Å². The maximum absolute atomic E-state index is 13.7. The molecule has 0 bridgehead atoms. The fraction of sp³-hybridized carbons (Fsp3) is 0.385. The Morgan fingerprint density at radius 1 is 1.56 bits per heavy atom. The molecule has 0 saturated carbocycles. The van der Waals surface area contributed by atoms with Crippen molar-refractivity contribution in [1.29, 1.82) is 0 Å². The first-order valence-corrected chi connectivity index (χ1v) is 5.26. The molecule has 0 heterocycles. The quantitative estimate of drug-likeness (QED) is 0.789. The fourth-order valence-corrected chi connectivity index (χ4v) is 1.52. The van der Waals surface area contributed by atoms with Gasteiger partial charge in [0.1, 0.15) is 5.82 Å². The Bertz CT molecular complexity index is 395. The van der Waals surface area contributed by atoms with E-state index < -0.39 is 6.10 Å². The Morgan fingerprint density at radius 3 is 2.69 bits per heavy atom. The molecule has 1 N–H and O–H groups in total.